The van der Waals surface area contributed by atoms with Crippen LogP contribution in [-0.4, -0.2) is 36.2 Å². The molecule has 0 bridgehead atoms. The molecule has 7 nitrogen and oxygen atoms in total. The molecule has 2 aromatic rings. The van der Waals surface area contributed by atoms with Gasteiger partial charge in [0.15, 0.2) is 0 Å². The fraction of sp³-hybridized carbons (Fsp3) is 0.250. The molecule has 0 atom stereocenters. The van der Waals surface area contributed by atoms with E-state index in [1.807, 2.05) is 0 Å². The lowest BCUT2D eigenvalue weighted by Gasteiger charge is -2.11. The van der Waals surface area contributed by atoms with Crippen LogP contribution >= 0.6 is 0 Å². The maximum atomic E-state index is 12.3. The maximum Gasteiger partial charge on any atom is 0.240 e. The highest BCUT2D eigenvalue weighted by molar-refractivity contribution is 7.92. The number of para-hydroxylation sites is 1. The fourth-order valence-corrected chi connectivity index (χ4v) is 4.36. The molecule has 0 saturated heterocycles. The van der Waals surface area contributed by atoms with Crippen molar-refractivity contribution in [2.24, 2.45) is 0 Å². The summed E-state index contributed by atoms with van der Waals surface area (Å²) < 4.78 is 58.3. The smallest absolute Gasteiger partial charge is 0.240 e. The molecule has 0 saturated carbocycles. The normalized spacial score (nSPS) is 11.9. The topological polar surface area (TPSA) is 102 Å². The summed E-state index contributed by atoms with van der Waals surface area (Å²) in [6.45, 7) is 1.49. The van der Waals surface area contributed by atoms with E-state index in [9.17, 15) is 16.8 Å². The lowest BCUT2D eigenvalue weighted by Crippen LogP contribution is -2.31. The van der Waals surface area contributed by atoms with Crippen LogP contribution in [0.5, 0.6) is 5.75 Å². The zero-order valence-corrected chi connectivity index (χ0v) is 15.5. The quantitative estimate of drug-likeness (QED) is 0.722. The molecule has 9 heteroatoms. The van der Waals surface area contributed by atoms with Crippen LogP contribution in [0.2, 0.25) is 0 Å². The number of methoxy groups -OCH3 is 1. The summed E-state index contributed by atoms with van der Waals surface area (Å²) >= 11 is 0. The van der Waals surface area contributed by atoms with Crippen molar-refractivity contribution in [2.75, 3.05) is 24.1 Å². The Kier molecular flexibility index (Phi) is 6.04. The summed E-state index contributed by atoms with van der Waals surface area (Å²) in [6, 6.07) is 12.8. The second-order valence-corrected chi connectivity index (χ2v) is 8.92. The zero-order valence-electron chi connectivity index (χ0n) is 13.9. The molecule has 0 aliphatic rings. The number of anilines is 1. The number of nitrogens with one attached hydrogen (secondary N) is 2. The van der Waals surface area contributed by atoms with Gasteiger partial charge in [-0.15, -0.1) is 0 Å². The number of aryl methyl sites for hydroxylation is 1. The van der Waals surface area contributed by atoms with Crippen molar-refractivity contribution in [1.29, 1.82) is 0 Å². The summed E-state index contributed by atoms with van der Waals surface area (Å²) in [6.07, 6.45) is 0. The number of ether oxygens (including phenoxy) is 1. The molecular weight excluding hydrogens is 364 g/mol. The molecule has 0 spiro atoms. The summed E-state index contributed by atoms with van der Waals surface area (Å²) in [7, 11) is -5.96. The summed E-state index contributed by atoms with van der Waals surface area (Å²) in [5, 5.41) is 0. The first-order valence-electron chi connectivity index (χ1n) is 7.43. The molecule has 136 valence electrons. The minimum Gasteiger partial charge on any atom is -0.496 e. The van der Waals surface area contributed by atoms with E-state index in [0.29, 0.717) is 17.0 Å². The van der Waals surface area contributed by atoms with E-state index >= 15 is 0 Å². The lowest BCUT2D eigenvalue weighted by molar-refractivity contribution is 0.411. The fourth-order valence-electron chi connectivity index (χ4n) is 2.15. The molecule has 0 aliphatic heterocycles. The van der Waals surface area contributed by atoms with Crippen molar-refractivity contribution < 1.29 is 21.6 Å². The Morgan fingerprint density at radius 1 is 1.00 bits per heavy atom. The monoisotopic (exact) mass is 384 g/mol. The number of rotatable bonds is 8. The molecule has 0 radical (unpaired) electrons. The summed E-state index contributed by atoms with van der Waals surface area (Å²) in [4.78, 5) is 0.0548. The average molecular weight is 384 g/mol. The second kappa shape index (κ2) is 7.85. The van der Waals surface area contributed by atoms with Crippen molar-refractivity contribution in [3.8, 4) is 5.75 Å². The third-order valence-electron chi connectivity index (χ3n) is 3.39. The van der Waals surface area contributed by atoms with Gasteiger partial charge in [-0.25, -0.2) is 21.6 Å². The first-order chi connectivity index (χ1) is 11.7. The highest BCUT2D eigenvalue weighted by Gasteiger charge is 2.17. The predicted molar refractivity (Wildman–Crippen MR) is 96.8 cm³/mol. The number of sulfonamides is 2. The van der Waals surface area contributed by atoms with E-state index in [2.05, 4.69) is 9.44 Å². The van der Waals surface area contributed by atoms with Crippen LogP contribution in [0.1, 0.15) is 5.56 Å². The third-order valence-corrected chi connectivity index (χ3v) is 6.13. The molecule has 0 unspecified atom stereocenters. The molecular formula is C16H20N2O5S2. The van der Waals surface area contributed by atoms with Gasteiger partial charge in [-0.1, -0.05) is 18.2 Å². The van der Waals surface area contributed by atoms with Crippen LogP contribution in [0.25, 0.3) is 0 Å². The van der Waals surface area contributed by atoms with Crippen LogP contribution in [0.15, 0.2) is 53.4 Å². The number of hydrogen-bond acceptors (Lipinski definition) is 5. The molecule has 0 fully saturated rings. The Morgan fingerprint density at radius 2 is 1.68 bits per heavy atom. The molecule has 2 aromatic carbocycles. The molecule has 0 aliphatic carbocycles. The Bertz CT molecular complexity index is 926. The van der Waals surface area contributed by atoms with E-state index in [0.717, 1.165) is 0 Å². The van der Waals surface area contributed by atoms with Gasteiger partial charge < -0.3 is 4.74 Å². The van der Waals surface area contributed by atoms with E-state index < -0.39 is 20.0 Å². The van der Waals surface area contributed by atoms with Crippen molar-refractivity contribution in [3.05, 3.63) is 54.1 Å². The van der Waals surface area contributed by atoms with Crippen molar-refractivity contribution in [1.82, 2.24) is 4.72 Å². The lowest BCUT2D eigenvalue weighted by atomic mass is 10.2. The van der Waals surface area contributed by atoms with E-state index in [4.69, 9.17) is 4.74 Å². The molecule has 0 heterocycles. The van der Waals surface area contributed by atoms with E-state index in [-0.39, 0.29) is 17.2 Å². The standard InChI is InChI=1S/C16H20N2O5S2/c1-13-12-15(8-9-16(13)23-2)25(21,22)17-10-11-24(19,20)18-14-6-4-3-5-7-14/h3-9,12,17-18H,10-11H2,1-2H3. The molecule has 0 aromatic heterocycles. The van der Waals surface area contributed by atoms with E-state index in [1.165, 1.54) is 19.2 Å². The number of hydrogen-bond donors (Lipinski definition) is 2. The van der Waals surface area contributed by atoms with Gasteiger partial charge in [0.25, 0.3) is 0 Å². The zero-order chi connectivity index (χ0) is 18.5. The van der Waals surface area contributed by atoms with Crippen LogP contribution in [0.3, 0.4) is 0 Å². The van der Waals surface area contributed by atoms with Gasteiger partial charge in [0.1, 0.15) is 5.75 Å². The van der Waals surface area contributed by atoms with Crippen molar-refractivity contribution in [3.63, 3.8) is 0 Å². The average Bonchev–Trinajstić information content (AvgIpc) is 2.54. The van der Waals surface area contributed by atoms with Gasteiger partial charge in [-0.05, 0) is 42.8 Å². The van der Waals surface area contributed by atoms with Crippen molar-refractivity contribution in [2.45, 2.75) is 11.8 Å². The second-order valence-electron chi connectivity index (χ2n) is 5.32. The number of benzene rings is 2. The molecule has 25 heavy (non-hydrogen) atoms. The summed E-state index contributed by atoms with van der Waals surface area (Å²) in [5.41, 5.74) is 1.10. The van der Waals surface area contributed by atoms with Gasteiger partial charge in [0, 0.05) is 12.2 Å². The van der Waals surface area contributed by atoms with Crippen LogP contribution < -0.4 is 14.2 Å². The van der Waals surface area contributed by atoms with Gasteiger partial charge >= 0.3 is 0 Å². The first kappa shape index (κ1) is 19.2. The van der Waals surface area contributed by atoms with Gasteiger partial charge in [0.05, 0.1) is 17.8 Å². The maximum absolute atomic E-state index is 12.3. The Labute approximate surface area is 148 Å². The van der Waals surface area contributed by atoms with Crippen LogP contribution in [0, 0.1) is 6.92 Å². The van der Waals surface area contributed by atoms with Crippen LogP contribution in [-0.2, 0) is 20.0 Å². The molecule has 0 amide bonds. The van der Waals surface area contributed by atoms with E-state index in [1.54, 1.807) is 43.3 Å². The minimum atomic E-state index is -3.80. The molecule has 2 N–H and O–H groups in total. The van der Waals surface area contributed by atoms with Gasteiger partial charge in [0.2, 0.25) is 20.0 Å². The summed E-state index contributed by atoms with van der Waals surface area (Å²) in [5.74, 6) is 0.199. The van der Waals surface area contributed by atoms with Crippen molar-refractivity contribution >= 4 is 25.7 Å². The highest BCUT2D eigenvalue weighted by Crippen LogP contribution is 2.21. The highest BCUT2D eigenvalue weighted by atomic mass is 32.2. The van der Waals surface area contributed by atoms with Crippen LogP contribution in [0.4, 0.5) is 5.69 Å². The Balaban J connectivity index is 1.99. The Hall–Kier alpha value is -2.10. The van der Waals surface area contributed by atoms with Gasteiger partial charge in [-0.2, -0.15) is 0 Å². The SMILES string of the molecule is COc1ccc(S(=O)(=O)NCCS(=O)(=O)Nc2ccccc2)cc1C. The molecule has 2 rings (SSSR count). The predicted octanol–water partition coefficient (Wildman–Crippen LogP) is 1.72. The largest absolute Gasteiger partial charge is 0.496 e. The third kappa shape index (κ3) is 5.45. The van der Waals surface area contributed by atoms with Gasteiger partial charge in [-0.3, -0.25) is 4.72 Å². The minimum absolute atomic E-state index is 0.0548. The Morgan fingerprint density at radius 3 is 2.28 bits per heavy atom. The first-order valence-corrected chi connectivity index (χ1v) is 10.6.